The van der Waals surface area contributed by atoms with Gasteiger partial charge in [-0.3, -0.25) is 4.79 Å². The Morgan fingerprint density at radius 2 is 2.07 bits per heavy atom. The highest BCUT2D eigenvalue weighted by molar-refractivity contribution is 7.99. The van der Waals surface area contributed by atoms with Gasteiger partial charge in [0.1, 0.15) is 5.76 Å². The molecule has 27 heavy (non-hydrogen) atoms. The zero-order valence-electron chi connectivity index (χ0n) is 14.2. The van der Waals surface area contributed by atoms with Crippen molar-refractivity contribution in [1.82, 2.24) is 15.1 Å². The average molecular weight is 403 g/mol. The van der Waals surface area contributed by atoms with Crippen molar-refractivity contribution < 1.29 is 13.6 Å². The van der Waals surface area contributed by atoms with Gasteiger partial charge in [0.2, 0.25) is 11.8 Å². The molecule has 0 fully saturated rings. The van der Waals surface area contributed by atoms with Gasteiger partial charge in [0.25, 0.3) is 5.22 Å². The van der Waals surface area contributed by atoms with Crippen LogP contribution < -0.4 is 0 Å². The Bertz CT molecular complexity index is 919. The van der Waals surface area contributed by atoms with Crippen molar-refractivity contribution in [1.29, 1.82) is 5.26 Å². The van der Waals surface area contributed by atoms with Crippen LogP contribution in [0.5, 0.6) is 0 Å². The van der Waals surface area contributed by atoms with Crippen LogP contribution in [0.1, 0.15) is 12.2 Å². The maximum atomic E-state index is 12.5. The summed E-state index contributed by atoms with van der Waals surface area (Å²) >= 11 is 7.02. The number of aromatic nitrogens is 2. The smallest absolute Gasteiger partial charge is 0.277 e. The fourth-order valence-electron chi connectivity index (χ4n) is 2.26. The van der Waals surface area contributed by atoms with Gasteiger partial charge in [0.15, 0.2) is 0 Å². The number of nitrogens with zero attached hydrogens (tertiary/aromatic N) is 4. The fraction of sp³-hybridized carbons (Fsp3) is 0.222. The zero-order chi connectivity index (χ0) is 19.1. The lowest BCUT2D eigenvalue weighted by molar-refractivity contribution is -0.129. The molecule has 0 N–H and O–H groups in total. The number of hydrogen-bond acceptors (Lipinski definition) is 7. The van der Waals surface area contributed by atoms with E-state index in [-0.39, 0.29) is 18.1 Å². The molecule has 9 heteroatoms. The van der Waals surface area contributed by atoms with E-state index in [1.54, 1.807) is 47.6 Å². The van der Waals surface area contributed by atoms with Gasteiger partial charge in [-0.05, 0) is 36.4 Å². The summed E-state index contributed by atoms with van der Waals surface area (Å²) < 4.78 is 10.9. The number of amides is 1. The third kappa shape index (κ3) is 5.36. The van der Waals surface area contributed by atoms with Gasteiger partial charge in [0, 0.05) is 17.1 Å². The molecule has 0 radical (unpaired) electrons. The number of rotatable bonds is 8. The molecule has 0 atom stereocenters. The van der Waals surface area contributed by atoms with Gasteiger partial charge >= 0.3 is 0 Å². The van der Waals surface area contributed by atoms with E-state index in [9.17, 15) is 4.79 Å². The van der Waals surface area contributed by atoms with Crippen molar-refractivity contribution >= 4 is 29.3 Å². The molecule has 138 valence electrons. The number of carbonyl (C=O) groups is 1. The number of benzene rings is 1. The summed E-state index contributed by atoms with van der Waals surface area (Å²) in [5.41, 5.74) is 0.749. The molecule has 0 unspecified atom stereocenters. The van der Waals surface area contributed by atoms with Crippen LogP contribution in [0, 0.1) is 11.3 Å². The summed E-state index contributed by atoms with van der Waals surface area (Å²) in [5, 5.41) is 17.7. The van der Waals surface area contributed by atoms with E-state index >= 15 is 0 Å². The van der Waals surface area contributed by atoms with Crippen LogP contribution in [0.2, 0.25) is 5.02 Å². The molecular weight excluding hydrogens is 388 g/mol. The van der Waals surface area contributed by atoms with E-state index < -0.39 is 0 Å². The highest BCUT2D eigenvalue weighted by Crippen LogP contribution is 2.24. The summed E-state index contributed by atoms with van der Waals surface area (Å²) in [6.07, 6.45) is 1.80. The molecule has 1 amide bonds. The van der Waals surface area contributed by atoms with Crippen LogP contribution in [-0.2, 0) is 11.3 Å². The molecule has 0 saturated heterocycles. The number of carbonyl (C=O) groups excluding carboxylic acids is 1. The molecule has 0 aliphatic rings. The van der Waals surface area contributed by atoms with Gasteiger partial charge in [-0.25, -0.2) is 0 Å². The van der Waals surface area contributed by atoms with E-state index in [0.29, 0.717) is 35.0 Å². The number of nitriles is 1. The molecule has 0 bridgehead atoms. The Hall–Kier alpha value is -2.76. The zero-order valence-corrected chi connectivity index (χ0v) is 15.7. The minimum Gasteiger partial charge on any atom is -0.467 e. The lowest BCUT2D eigenvalue weighted by Crippen LogP contribution is -2.32. The SMILES string of the molecule is N#CCCN(Cc1ccco1)C(=O)CSc1nnc(-c2ccc(Cl)cc2)o1. The number of halogens is 1. The minimum atomic E-state index is -0.141. The molecule has 2 aromatic heterocycles. The minimum absolute atomic E-state index is 0.119. The third-order valence-corrected chi connectivity index (χ3v) is 4.64. The van der Waals surface area contributed by atoms with Crippen molar-refractivity contribution in [2.45, 2.75) is 18.2 Å². The molecular formula is C18H15ClN4O3S. The molecule has 2 heterocycles. The van der Waals surface area contributed by atoms with E-state index in [0.717, 1.165) is 17.3 Å². The van der Waals surface area contributed by atoms with Gasteiger partial charge < -0.3 is 13.7 Å². The van der Waals surface area contributed by atoms with Crippen LogP contribution in [0.4, 0.5) is 0 Å². The predicted molar refractivity (Wildman–Crippen MR) is 99.8 cm³/mol. The Balaban J connectivity index is 1.59. The van der Waals surface area contributed by atoms with Crippen molar-refractivity contribution in [2.75, 3.05) is 12.3 Å². The Labute approximate surface area is 164 Å². The van der Waals surface area contributed by atoms with Gasteiger partial charge in [-0.15, -0.1) is 10.2 Å². The fourth-order valence-corrected chi connectivity index (χ4v) is 3.05. The lowest BCUT2D eigenvalue weighted by Gasteiger charge is -2.19. The summed E-state index contributed by atoms with van der Waals surface area (Å²) in [6.45, 7) is 0.643. The number of furan rings is 1. The second kappa shape index (κ2) is 9.26. The van der Waals surface area contributed by atoms with E-state index in [2.05, 4.69) is 16.3 Å². The molecule has 1 aromatic carbocycles. The Morgan fingerprint density at radius 1 is 1.26 bits per heavy atom. The Morgan fingerprint density at radius 3 is 2.78 bits per heavy atom. The van der Waals surface area contributed by atoms with E-state index in [1.807, 2.05) is 0 Å². The third-order valence-electron chi connectivity index (χ3n) is 3.59. The first kappa shape index (κ1) is 19.0. The van der Waals surface area contributed by atoms with Crippen molar-refractivity contribution in [3.63, 3.8) is 0 Å². The van der Waals surface area contributed by atoms with Crippen molar-refractivity contribution in [3.8, 4) is 17.5 Å². The van der Waals surface area contributed by atoms with Crippen molar-refractivity contribution in [2.24, 2.45) is 0 Å². The molecule has 7 nitrogen and oxygen atoms in total. The topological polar surface area (TPSA) is 96.2 Å². The maximum absolute atomic E-state index is 12.5. The second-order valence-electron chi connectivity index (χ2n) is 5.47. The molecule has 0 spiro atoms. The monoisotopic (exact) mass is 402 g/mol. The molecule has 0 aliphatic heterocycles. The predicted octanol–water partition coefficient (Wildman–Crippen LogP) is 4.02. The highest BCUT2D eigenvalue weighted by Gasteiger charge is 2.17. The quantitative estimate of drug-likeness (QED) is 0.525. The summed E-state index contributed by atoms with van der Waals surface area (Å²) in [7, 11) is 0. The molecule has 0 aliphatic carbocycles. The van der Waals surface area contributed by atoms with Gasteiger partial charge in [0.05, 0.1) is 31.1 Å². The first-order chi connectivity index (χ1) is 13.2. The van der Waals surface area contributed by atoms with Crippen LogP contribution in [-0.4, -0.2) is 33.3 Å². The van der Waals surface area contributed by atoms with Crippen molar-refractivity contribution in [3.05, 3.63) is 53.4 Å². The second-order valence-corrected chi connectivity index (χ2v) is 6.83. The summed E-state index contributed by atoms with van der Waals surface area (Å²) in [6, 6.07) is 12.6. The van der Waals surface area contributed by atoms with Crippen LogP contribution in [0.25, 0.3) is 11.5 Å². The lowest BCUT2D eigenvalue weighted by atomic mass is 10.2. The molecule has 0 saturated carbocycles. The normalized spacial score (nSPS) is 10.5. The van der Waals surface area contributed by atoms with Crippen LogP contribution in [0.15, 0.2) is 56.7 Å². The van der Waals surface area contributed by atoms with Gasteiger partial charge in [-0.1, -0.05) is 23.4 Å². The summed E-state index contributed by atoms with van der Waals surface area (Å²) in [5.74, 6) is 1.000. The molecule has 3 aromatic rings. The first-order valence-corrected chi connectivity index (χ1v) is 9.41. The highest BCUT2D eigenvalue weighted by atomic mass is 35.5. The largest absolute Gasteiger partial charge is 0.467 e. The standard InChI is InChI=1S/C18H15ClN4O3S/c19-14-6-4-13(5-7-14)17-21-22-18(26-17)27-12-16(24)23(9-2-8-20)11-15-3-1-10-25-15/h1,3-7,10H,2,9,11-12H2. The average Bonchev–Trinajstić information content (AvgIpc) is 3.35. The van der Waals surface area contributed by atoms with Gasteiger partial charge in [-0.2, -0.15) is 5.26 Å². The van der Waals surface area contributed by atoms with E-state index in [4.69, 9.17) is 25.7 Å². The summed E-state index contributed by atoms with van der Waals surface area (Å²) in [4.78, 5) is 14.1. The maximum Gasteiger partial charge on any atom is 0.277 e. The van der Waals surface area contributed by atoms with Crippen LogP contribution in [0.3, 0.4) is 0 Å². The number of hydrogen-bond donors (Lipinski definition) is 0. The first-order valence-electron chi connectivity index (χ1n) is 8.05. The molecule has 3 rings (SSSR count). The Kier molecular flexibility index (Phi) is 6.52. The van der Waals surface area contributed by atoms with E-state index in [1.165, 1.54) is 0 Å². The number of thioether (sulfide) groups is 1. The van der Waals surface area contributed by atoms with Crippen LogP contribution >= 0.6 is 23.4 Å².